The van der Waals surface area contributed by atoms with Crippen molar-refractivity contribution in [2.75, 3.05) is 13.2 Å². The van der Waals surface area contributed by atoms with Crippen molar-refractivity contribution in [3.8, 4) is 0 Å². The highest BCUT2D eigenvalue weighted by atomic mass is 16.5. The molecule has 0 bridgehead atoms. The standard InChI is InChI=1S/C29H32N4O4/c1-16(2)24(28(35)30-15-17-8-7-13-37-17)32-27(34)23-14-21-18-9-5-6-12-22(18)31-25(21)26-19-10-3-4-11-20(19)29(36)33(23)26/h3-6,9-12,16-17,23-24,26,31H,7-8,13-15H2,1-2H3,(H,30,35)(H,32,34)/t17-,23+,24+,26+/m1/s1. The third-order valence-corrected chi connectivity index (χ3v) is 7.93. The monoisotopic (exact) mass is 500 g/mol. The Kier molecular flexibility index (Phi) is 5.99. The van der Waals surface area contributed by atoms with E-state index in [1.807, 2.05) is 62.4 Å². The summed E-state index contributed by atoms with van der Waals surface area (Å²) in [6, 6.07) is 13.8. The molecule has 0 unspecified atom stereocenters. The molecule has 37 heavy (non-hydrogen) atoms. The highest BCUT2D eigenvalue weighted by molar-refractivity contribution is 6.04. The highest BCUT2D eigenvalue weighted by Crippen LogP contribution is 2.46. The molecule has 4 heterocycles. The van der Waals surface area contributed by atoms with E-state index in [4.69, 9.17) is 4.74 Å². The molecule has 1 fully saturated rings. The molecule has 2 aromatic carbocycles. The van der Waals surface area contributed by atoms with E-state index in [1.54, 1.807) is 4.90 Å². The Morgan fingerprint density at radius 3 is 2.70 bits per heavy atom. The van der Waals surface area contributed by atoms with Crippen molar-refractivity contribution in [3.63, 3.8) is 0 Å². The van der Waals surface area contributed by atoms with Crippen LogP contribution >= 0.6 is 0 Å². The van der Waals surface area contributed by atoms with Gasteiger partial charge in [0.2, 0.25) is 11.8 Å². The Bertz CT molecular complexity index is 1370. The van der Waals surface area contributed by atoms with Gasteiger partial charge in [-0.2, -0.15) is 0 Å². The second-order valence-electron chi connectivity index (χ2n) is 10.6. The lowest BCUT2D eigenvalue weighted by Crippen LogP contribution is -2.58. The molecule has 1 aromatic heterocycles. The zero-order valence-electron chi connectivity index (χ0n) is 21.1. The van der Waals surface area contributed by atoms with Gasteiger partial charge in [0.25, 0.3) is 5.91 Å². The van der Waals surface area contributed by atoms with E-state index < -0.39 is 12.1 Å². The number of fused-ring (bicyclic) bond motifs is 7. The van der Waals surface area contributed by atoms with Crippen LogP contribution in [0.1, 0.15) is 59.9 Å². The number of hydrogen-bond acceptors (Lipinski definition) is 4. The van der Waals surface area contributed by atoms with Gasteiger partial charge in [-0.1, -0.05) is 50.2 Å². The van der Waals surface area contributed by atoms with Gasteiger partial charge in [-0.3, -0.25) is 14.4 Å². The van der Waals surface area contributed by atoms with Crippen LogP contribution in [0.5, 0.6) is 0 Å². The molecule has 8 nitrogen and oxygen atoms in total. The molecule has 0 radical (unpaired) electrons. The van der Waals surface area contributed by atoms with Gasteiger partial charge in [-0.05, 0) is 42.0 Å². The van der Waals surface area contributed by atoms with Gasteiger partial charge >= 0.3 is 0 Å². The summed E-state index contributed by atoms with van der Waals surface area (Å²) >= 11 is 0. The predicted octanol–water partition coefficient (Wildman–Crippen LogP) is 3.07. The van der Waals surface area contributed by atoms with E-state index in [0.717, 1.165) is 47.2 Å². The summed E-state index contributed by atoms with van der Waals surface area (Å²) in [5.74, 6) is -0.819. The number of amides is 3. The average molecular weight is 501 g/mol. The van der Waals surface area contributed by atoms with Crippen molar-refractivity contribution < 1.29 is 19.1 Å². The summed E-state index contributed by atoms with van der Waals surface area (Å²) in [6.07, 6.45) is 2.32. The molecule has 0 spiro atoms. The minimum atomic E-state index is -0.733. The van der Waals surface area contributed by atoms with Gasteiger partial charge in [-0.25, -0.2) is 0 Å². The molecule has 0 aliphatic carbocycles. The van der Waals surface area contributed by atoms with Crippen LogP contribution in [0.2, 0.25) is 0 Å². The minimum Gasteiger partial charge on any atom is -0.376 e. The van der Waals surface area contributed by atoms with Crippen LogP contribution in [0.4, 0.5) is 0 Å². The molecule has 3 aliphatic heterocycles. The molecule has 192 valence electrons. The van der Waals surface area contributed by atoms with Crippen LogP contribution in [-0.2, 0) is 20.7 Å². The molecular weight excluding hydrogens is 468 g/mol. The molecule has 3 aromatic rings. The third-order valence-electron chi connectivity index (χ3n) is 7.93. The lowest BCUT2D eigenvalue weighted by atomic mass is 9.89. The van der Waals surface area contributed by atoms with Gasteiger partial charge in [0, 0.05) is 41.7 Å². The molecule has 8 heteroatoms. The quantitative estimate of drug-likeness (QED) is 0.484. The van der Waals surface area contributed by atoms with E-state index >= 15 is 0 Å². The van der Waals surface area contributed by atoms with E-state index in [2.05, 4.69) is 15.6 Å². The van der Waals surface area contributed by atoms with E-state index in [-0.39, 0.29) is 35.8 Å². The molecule has 6 rings (SSSR count). The minimum absolute atomic E-state index is 0.0209. The van der Waals surface area contributed by atoms with E-state index in [9.17, 15) is 14.4 Å². The maximum atomic E-state index is 13.9. The van der Waals surface area contributed by atoms with Gasteiger partial charge in [0.1, 0.15) is 12.1 Å². The number of H-pyrrole nitrogens is 1. The number of rotatable bonds is 6. The normalized spacial score (nSPS) is 23.1. The maximum Gasteiger partial charge on any atom is 0.255 e. The number of carbonyl (C=O) groups excluding carboxylic acids is 3. The van der Waals surface area contributed by atoms with Gasteiger partial charge in [0.15, 0.2) is 0 Å². The Balaban J connectivity index is 1.31. The van der Waals surface area contributed by atoms with Crippen LogP contribution in [0.25, 0.3) is 10.9 Å². The maximum absolute atomic E-state index is 13.9. The number of hydrogen-bond donors (Lipinski definition) is 3. The van der Waals surface area contributed by atoms with Crippen LogP contribution in [0.3, 0.4) is 0 Å². The topological polar surface area (TPSA) is 104 Å². The summed E-state index contributed by atoms with van der Waals surface area (Å²) in [5.41, 5.74) is 4.50. The number of aromatic nitrogens is 1. The first-order chi connectivity index (χ1) is 17.9. The molecular formula is C29H32N4O4. The van der Waals surface area contributed by atoms with Gasteiger partial charge in [0.05, 0.1) is 12.1 Å². The number of nitrogens with one attached hydrogen (secondary N) is 3. The van der Waals surface area contributed by atoms with Crippen LogP contribution < -0.4 is 10.6 Å². The lowest BCUT2D eigenvalue weighted by Gasteiger charge is -2.38. The Labute approximate surface area is 215 Å². The lowest BCUT2D eigenvalue weighted by molar-refractivity contribution is -0.133. The van der Waals surface area contributed by atoms with Crippen LogP contribution in [0, 0.1) is 5.92 Å². The number of aromatic amines is 1. The summed E-state index contributed by atoms with van der Waals surface area (Å²) in [6.45, 7) is 4.97. The van der Waals surface area contributed by atoms with Crippen LogP contribution in [-0.4, -0.2) is 58.9 Å². The molecule has 3 aliphatic rings. The molecule has 3 amide bonds. The number of nitrogens with zero attached hydrogens (tertiary/aromatic N) is 1. The molecule has 4 atom stereocenters. The first kappa shape index (κ1) is 23.7. The number of ether oxygens (including phenoxy) is 1. The average Bonchev–Trinajstić information content (AvgIpc) is 3.62. The van der Waals surface area contributed by atoms with Gasteiger partial charge < -0.3 is 25.3 Å². The fourth-order valence-electron chi connectivity index (χ4n) is 6.05. The van der Waals surface area contributed by atoms with Crippen molar-refractivity contribution in [1.29, 1.82) is 0 Å². The zero-order chi connectivity index (χ0) is 25.7. The SMILES string of the molecule is CC(C)[C@H](NC(=O)[C@@H]1Cc2c([nH]c3ccccc23)[C@@H]2c3ccccc3C(=O)N21)C(=O)NC[C@H]1CCCO1. The highest BCUT2D eigenvalue weighted by Gasteiger charge is 2.49. The first-order valence-corrected chi connectivity index (χ1v) is 13.1. The van der Waals surface area contributed by atoms with E-state index in [1.165, 1.54) is 0 Å². The fourth-order valence-corrected chi connectivity index (χ4v) is 6.05. The number of benzene rings is 2. The largest absolute Gasteiger partial charge is 0.376 e. The third kappa shape index (κ3) is 4.00. The number of carbonyl (C=O) groups is 3. The van der Waals surface area contributed by atoms with Crippen molar-refractivity contribution in [2.45, 2.75) is 57.3 Å². The summed E-state index contributed by atoms with van der Waals surface area (Å²) < 4.78 is 5.62. The summed E-state index contributed by atoms with van der Waals surface area (Å²) in [5, 5.41) is 7.01. The smallest absolute Gasteiger partial charge is 0.255 e. The first-order valence-electron chi connectivity index (χ1n) is 13.1. The Morgan fingerprint density at radius 2 is 1.92 bits per heavy atom. The summed E-state index contributed by atoms with van der Waals surface area (Å²) in [4.78, 5) is 45.8. The fraction of sp³-hybridized carbons (Fsp3) is 0.414. The Morgan fingerprint density at radius 1 is 1.14 bits per heavy atom. The zero-order valence-corrected chi connectivity index (χ0v) is 21.1. The number of para-hydroxylation sites is 1. The van der Waals surface area contributed by atoms with Crippen molar-refractivity contribution in [3.05, 3.63) is 70.9 Å². The molecule has 1 saturated heterocycles. The van der Waals surface area contributed by atoms with Crippen LogP contribution in [0.15, 0.2) is 48.5 Å². The van der Waals surface area contributed by atoms with Crippen molar-refractivity contribution in [2.24, 2.45) is 5.92 Å². The van der Waals surface area contributed by atoms with Crippen molar-refractivity contribution >= 4 is 28.6 Å². The molecule has 3 N–H and O–H groups in total. The summed E-state index contributed by atoms with van der Waals surface area (Å²) in [7, 11) is 0. The van der Waals surface area contributed by atoms with Crippen molar-refractivity contribution in [1.82, 2.24) is 20.5 Å². The Hall–Kier alpha value is -3.65. The second kappa shape index (κ2) is 9.34. The predicted molar refractivity (Wildman–Crippen MR) is 139 cm³/mol. The van der Waals surface area contributed by atoms with E-state index in [0.29, 0.717) is 18.5 Å². The van der Waals surface area contributed by atoms with Gasteiger partial charge in [-0.15, -0.1) is 0 Å². The second-order valence-corrected chi connectivity index (χ2v) is 10.6. The molecule has 0 saturated carbocycles.